The van der Waals surface area contributed by atoms with Gasteiger partial charge in [0.05, 0.1) is 0 Å². The summed E-state index contributed by atoms with van der Waals surface area (Å²) in [6.07, 6.45) is 6.58. The first-order valence-corrected chi connectivity index (χ1v) is 7.76. The molecular formula is C16H32N2. The van der Waals surface area contributed by atoms with Crippen LogP contribution in [0.5, 0.6) is 0 Å². The van der Waals surface area contributed by atoms with Crippen LogP contribution in [0.4, 0.5) is 0 Å². The quantitative estimate of drug-likeness (QED) is 0.664. The van der Waals surface area contributed by atoms with Crippen LogP contribution in [0.3, 0.4) is 0 Å². The first-order chi connectivity index (χ1) is 8.62. The minimum atomic E-state index is 0.324. The number of nitrogens with one attached hydrogen (secondary N) is 1. The second-order valence-corrected chi connectivity index (χ2v) is 5.72. The Hall–Kier alpha value is -0.340. The van der Waals surface area contributed by atoms with Crippen molar-refractivity contribution in [3.63, 3.8) is 0 Å². The predicted octanol–water partition coefficient (Wildman–Crippen LogP) is 3.59. The average Bonchev–Trinajstić information content (AvgIpc) is 2.81. The van der Waals surface area contributed by atoms with Crippen LogP contribution in [0.1, 0.15) is 59.8 Å². The van der Waals surface area contributed by atoms with Gasteiger partial charge in [0.15, 0.2) is 0 Å². The first kappa shape index (κ1) is 15.7. The molecule has 0 aliphatic heterocycles. The van der Waals surface area contributed by atoms with Crippen molar-refractivity contribution in [1.82, 2.24) is 10.2 Å². The van der Waals surface area contributed by atoms with E-state index in [4.69, 9.17) is 0 Å². The highest BCUT2D eigenvalue weighted by molar-refractivity contribution is 5.16. The highest BCUT2D eigenvalue weighted by atomic mass is 15.2. The molecule has 0 radical (unpaired) electrons. The van der Waals surface area contributed by atoms with Gasteiger partial charge < -0.3 is 5.32 Å². The third-order valence-corrected chi connectivity index (χ3v) is 4.49. The van der Waals surface area contributed by atoms with Gasteiger partial charge >= 0.3 is 0 Å². The maximum absolute atomic E-state index is 4.26. The third-order valence-electron chi connectivity index (χ3n) is 4.49. The Morgan fingerprint density at radius 1 is 1.22 bits per heavy atom. The Balaban J connectivity index is 2.95. The van der Waals surface area contributed by atoms with Gasteiger partial charge in [-0.15, -0.1) is 0 Å². The largest absolute Gasteiger partial charge is 0.309 e. The summed E-state index contributed by atoms with van der Waals surface area (Å²) in [6.45, 7) is 16.7. The maximum atomic E-state index is 4.26. The van der Waals surface area contributed by atoms with Crippen molar-refractivity contribution in [2.24, 2.45) is 0 Å². The Labute approximate surface area is 114 Å². The molecule has 0 aromatic rings. The molecule has 0 heterocycles. The van der Waals surface area contributed by atoms with Crippen LogP contribution in [0.15, 0.2) is 12.2 Å². The topological polar surface area (TPSA) is 15.3 Å². The summed E-state index contributed by atoms with van der Waals surface area (Å²) >= 11 is 0. The van der Waals surface area contributed by atoms with E-state index >= 15 is 0 Å². The molecule has 2 heteroatoms. The van der Waals surface area contributed by atoms with E-state index in [9.17, 15) is 0 Å². The van der Waals surface area contributed by atoms with E-state index in [1.165, 1.54) is 37.7 Å². The molecule has 1 atom stereocenters. The smallest absolute Gasteiger partial charge is 0.0461 e. The van der Waals surface area contributed by atoms with Crippen molar-refractivity contribution in [3.8, 4) is 0 Å². The second kappa shape index (κ2) is 7.30. The monoisotopic (exact) mass is 252 g/mol. The fourth-order valence-corrected chi connectivity index (χ4v) is 3.74. The van der Waals surface area contributed by atoms with Crippen molar-refractivity contribution in [2.45, 2.75) is 71.4 Å². The van der Waals surface area contributed by atoms with Gasteiger partial charge in [-0.25, -0.2) is 0 Å². The molecule has 1 fully saturated rings. The van der Waals surface area contributed by atoms with E-state index in [1.54, 1.807) is 0 Å². The van der Waals surface area contributed by atoms with Gasteiger partial charge in [0, 0.05) is 11.6 Å². The third kappa shape index (κ3) is 3.16. The lowest BCUT2D eigenvalue weighted by atomic mass is 9.82. The molecule has 106 valence electrons. The molecule has 1 N–H and O–H groups in total. The van der Waals surface area contributed by atoms with E-state index in [-0.39, 0.29) is 0 Å². The molecule has 0 aromatic carbocycles. The molecular weight excluding hydrogens is 220 g/mol. The van der Waals surface area contributed by atoms with E-state index in [1.807, 2.05) is 0 Å². The highest BCUT2D eigenvalue weighted by Gasteiger charge is 2.44. The zero-order chi connectivity index (χ0) is 13.6. The molecule has 0 aromatic heterocycles. The molecule has 1 saturated carbocycles. The minimum absolute atomic E-state index is 0.324. The average molecular weight is 252 g/mol. The van der Waals surface area contributed by atoms with Crippen molar-refractivity contribution in [3.05, 3.63) is 12.2 Å². The maximum Gasteiger partial charge on any atom is 0.0461 e. The van der Waals surface area contributed by atoms with Gasteiger partial charge in [0.25, 0.3) is 0 Å². The van der Waals surface area contributed by atoms with Gasteiger partial charge in [0.1, 0.15) is 0 Å². The van der Waals surface area contributed by atoms with E-state index in [0.717, 1.165) is 19.6 Å². The van der Waals surface area contributed by atoms with Crippen LogP contribution in [0.2, 0.25) is 0 Å². The van der Waals surface area contributed by atoms with Gasteiger partial charge in [0.2, 0.25) is 0 Å². The van der Waals surface area contributed by atoms with Gasteiger partial charge in [-0.1, -0.05) is 45.8 Å². The normalized spacial score (nSPS) is 20.3. The summed E-state index contributed by atoms with van der Waals surface area (Å²) in [5, 5.41) is 3.76. The molecule has 1 rings (SSSR count). The Kier molecular flexibility index (Phi) is 6.37. The standard InChI is InChI=1S/C16H32N2/c1-6-13-17-15(14(4)5)16(11-9-10-12-16)18(7-2)8-3/h15,17H,4,6-13H2,1-3,5H3. The van der Waals surface area contributed by atoms with Crippen LogP contribution in [-0.4, -0.2) is 36.1 Å². The highest BCUT2D eigenvalue weighted by Crippen LogP contribution is 2.40. The fraction of sp³-hybridized carbons (Fsp3) is 0.875. The lowest BCUT2D eigenvalue weighted by molar-refractivity contribution is 0.0755. The summed E-state index contributed by atoms with van der Waals surface area (Å²) < 4.78 is 0. The predicted molar refractivity (Wildman–Crippen MR) is 81.0 cm³/mol. The Morgan fingerprint density at radius 3 is 2.17 bits per heavy atom. The summed E-state index contributed by atoms with van der Waals surface area (Å²) in [5.74, 6) is 0. The van der Waals surface area contributed by atoms with Crippen LogP contribution in [0, 0.1) is 0 Å². The number of nitrogens with zero attached hydrogens (tertiary/aromatic N) is 1. The summed E-state index contributed by atoms with van der Waals surface area (Å²) in [4.78, 5) is 2.67. The number of likely N-dealkylation sites (N-methyl/N-ethyl adjacent to an activating group) is 1. The fourth-order valence-electron chi connectivity index (χ4n) is 3.74. The minimum Gasteiger partial charge on any atom is -0.309 e. The lowest BCUT2D eigenvalue weighted by Crippen LogP contribution is -2.60. The first-order valence-electron chi connectivity index (χ1n) is 7.76. The molecule has 2 nitrogen and oxygen atoms in total. The molecule has 0 saturated heterocycles. The van der Waals surface area contributed by atoms with Crippen LogP contribution >= 0.6 is 0 Å². The van der Waals surface area contributed by atoms with Crippen molar-refractivity contribution >= 4 is 0 Å². The SMILES string of the molecule is C=C(C)C(NCCC)C1(N(CC)CC)CCCC1. The zero-order valence-electron chi connectivity index (χ0n) is 12.9. The van der Waals surface area contributed by atoms with Crippen LogP contribution in [0.25, 0.3) is 0 Å². The molecule has 0 amide bonds. The van der Waals surface area contributed by atoms with Crippen LogP contribution in [-0.2, 0) is 0 Å². The molecule has 18 heavy (non-hydrogen) atoms. The van der Waals surface area contributed by atoms with E-state index in [0.29, 0.717) is 11.6 Å². The van der Waals surface area contributed by atoms with Gasteiger partial charge in [-0.05, 0) is 45.8 Å². The van der Waals surface area contributed by atoms with Gasteiger partial charge in [-0.3, -0.25) is 4.90 Å². The Morgan fingerprint density at radius 2 is 1.78 bits per heavy atom. The zero-order valence-corrected chi connectivity index (χ0v) is 12.9. The van der Waals surface area contributed by atoms with E-state index < -0.39 is 0 Å². The van der Waals surface area contributed by atoms with Crippen molar-refractivity contribution in [2.75, 3.05) is 19.6 Å². The second-order valence-electron chi connectivity index (χ2n) is 5.72. The number of hydrogen-bond donors (Lipinski definition) is 1. The van der Waals surface area contributed by atoms with E-state index in [2.05, 4.69) is 44.5 Å². The summed E-state index contributed by atoms with van der Waals surface area (Å²) in [5.41, 5.74) is 1.63. The van der Waals surface area contributed by atoms with Crippen molar-refractivity contribution < 1.29 is 0 Å². The van der Waals surface area contributed by atoms with Gasteiger partial charge in [-0.2, -0.15) is 0 Å². The molecule has 1 aliphatic rings. The summed E-state index contributed by atoms with van der Waals surface area (Å²) in [6, 6.07) is 0.458. The number of hydrogen-bond acceptors (Lipinski definition) is 2. The number of rotatable bonds is 8. The molecule has 0 spiro atoms. The summed E-state index contributed by atoms with van der Waals surface area (Å²) in [7, 11) is 0. The van der Waals surface area contributed by atoms with Crippen molar-refractivity contribution in [1.29, 1.82) is 0 Å². The molecule has 0 bridgehead atoms. The molecule has 1 unspecified atom stereocenters. The Bertz CT molecular complexity index is 250. The molecule has 1 aliphatic carbocycles. The van der Waals surface area contributed by atoms with Crippen LogP contribution < -0.4 is 5.32 Å². The lowest BCUT2D eigenvalue weighted by Gasteiger charge is -2.47.